The van der Waals surface area contributed by atoms with Gasteiger partial charge in [-0.15, -0.1) is 0 Å². The van der Waals surface area contributed by atoms with Gasteiger partial charge in [0.2, 0.25) is 11.8 Å². The quantitative estimate of drug-likeness (QED) is 0.867. The molecule has 1 fully saturated rings. The Labute approximate surface area is 147 Å². The monoisotopic (exact) mass is 343 g/mol. The average molecular weight is 343 g/mol. The molecule has 3 rings (SSSR count). The van der Waals surface area contributed by atoms with E-state index in [-0.39, 0.29) is 17.4 Å². The Bertz CT molecular complexity index is 708. The van der Waals surface area contributed by atoms with E-state index in [9.17, 15) is 4.79 Å². The number of carbonyl (C=O) groups excluding carboxylic acids is 1. The standard InChI is InChI=1S/C18H25N5O2/c1-18(2,3)12-20-10-15-21-17(25-22-15)14-4-5-16(24)23(14)11-13-6-8-19-9-7-13/h6-9,14,20H,4-5,10-12H2,1-3H3/t14-/m0/s1. The molecule has 25 heavy (non-hydrogen) atoms. The summed E-state index contributed by atoms with van der Waals surface area (Å²) < 4.78 is 5.44. The van der Waals surface area contributed by atoms with Crippen molar-refractivity contribution in [3.8, 4) is 0 Å². The SMILES string of the molecule is CC(C)(C)CNCc1noc([C@@H]2CCC(=O)N2Cc2ccncc2)n1. The minimum Gasteiger partial charge on any atom is -0.337 e. The molecule has 0 aliphatic carbocycles. The minimum atomic E-state index is -0.149. The van der Waals surface area contributed by atoms with E-state index in [4.69, 9.17) is 4.52 Å². The molecule has 1 aliphatic heterocycles. The van der Waals surface area contributed by atoms with E-state index in [1.165, 1.54) is 0 Å². The van der Waals surface area contributed by atoms with E-state index in [0.29, 0.717) is 37.6 Å². The van der Waals surface area contributed by atoms with Crippen molar-refractivity contribution in [1.29, 1.82) is 0 Å². The second kappa shape index (κ2) is 7.31. The summed E-state index contributed by atoms with van der Waals surface area (Å²) in [6, 6.07) is 3.68. The molecular weight excluding hydrogens is 318 g/mol. The number of pyridine rings is 1. The molecule has 0 bridgehead atoms. The molecule has 7 nitrogen and oxygen atoms in total. The Morgan fingerprint density at radius 1 is 1.32 bits per heavy atom. The van der Waals surface area contributed by atoms with E-state index in [2.05, 4.69) is 41.2 Å². The summed E-state index contributed by atoms with van der Waals surface area (Å²) in [6.45, 7) is 8.47. The van der Waals surface area contributed by atoms with Gasteiger partial charge in [-0.25, -0.2) is 0 Å². The number of amides is 1. The molecule has 1 N–H and O–H groups in total. The van der Waals surface area contributed by atoms with Gasteiger partial charge in [-0.2, -0.15) is 4.98 Å². The predicted octanol–water partition coefficient (Wildman–Crippen LogP) is 2.46. The van der Waals surface area contributed by atoms with Crippen LogP contribution in [0.25, 0.3) is 0 Å². The lowest BCUT2D eigenvalue weighted by Gasteiger charge is -2.22. The lowest BCUT2D eigenvalue weighted by molar-refractivity contribution is -0.129. The number of rotatable bonds is 6. The van der Waals surface area contributed by atoms with Gasteiger partial charge < -0.3 is 14.7 Å². The molecular formula is C18H25N5O2. The zero-order chi connectivity index (χ0) is 17.9. The van der Waals surface area contributed by atoms with Gasteiger partial charge in [-0.05, 0) is 29.5 Å². The fourth-order valence-electron chi connectivity index (χ4n) is 2.90. The van der Waals surface area contributed by atoms with Crippen molar-refractivity contribution in [1.82, 2.24) is 25.3 Å². The van der Waals surface area contributed by atoms with Crippen LogP contribution in [0, 0.1) is 5.41 Å². The van der Waals surface area contributed by atoms with Gasteiger partial charge >= 0.3 is 0 Å². The topological polar surface area (TPSA) is 84.2 Å². The van der Waals surface area contributed by atoms with Gasteiger partial charge in [0.1, 0.15) is 6.04 Å². The lowest BCUT2D eigenvalue weighted by atomic mass is 9.97. The van der Waals surface area contributed by atoms with Crippen LogP contribution in [0.4, 0.5) is 0 Å². The molecule has 2 aromatic heterocycles. The first-order valence-electron chi connectivity index (χ1n) is 8.64. The van der Waals surface area contributed by atoms with Crippen LogP contribution in [-0.4, -0.2) is 32.5 Å². The summed E-state index contributed by atoms with van der Waals surface area (Å²) in [5, 5.41) is 7.38. The highest BCUT2D eigenvalue weighted by Crippen LogP contribution is 2.33. The number of nitrogens with one attached hydrogen (secondary N) is 1. The third-order valence-electron chi connectivity index (χ3n) is 4.14. The van der Waals surface area contributed by atoms with Gasteiger partial charge in [0.25, 0.3) is 0 Å². The largest absolute Gasteiger partial charge is 0.337 e. The number of aromatic nitrogens is 3. The van der Waals surface area contributed by atoms with Crippen molar-refractivity contribution < 1.29 is 9.32 Å². The first-order valence-corrected chi connectivity index (χ1v) is 8.64. The van der Waals surface area contributed by atoms with Crippen LogP contribution in [0.1, 0.15) is 56.9 Å². The molecule has 1 amide bonds. The third kappa shape index (κ3) is 4.63. The second-order valence-corrected chi connectivity index (χ2v) is 7.64. The summed E-state index contributed by atoms with van der Waals surface area (Å²) in [4.78, 5) is 22.6. The van der Waals surface area contributed by atoms with Crippen LogP contribution in [0.15, 0.2) is 29.0 Å². The first-order chi connectivity index (χ1) is 11.9. The van der Waals surface area contributed by atoms with Crippen molar-refractivity contribution in [3.05, 3.63) is 41.8 Å². The number of carbonyl (C=O) groups is 1. The van der Waals surface area contributed by atoms with E-state index in [1.807, 2.05) is 17.0 Å². The van der Waals surface area contributed by atoms with Crippen molar-refractivity contribution in [3.63, 3.8) is 0 Å². The highest BCUT2D eigenvalue weighted by atomic mass is 16.5. The fourth-order valence-corrected chi connectivity index (χ4v) is 2.90. The van der Waals surface area contributed by atoms with Gasteiger partial charge in [-0.3, -0.25) is 9.78 Å². The summed E-state index contributed by atoms with van der Waals surface area (Å²) in [5.41, 5.74) is 1.24. The van der Waals surface area contributed by atoms with Crippen molar-refractivity contribution in [2.45, 2.75) is 52.7 Å². The molecule has 3 heterocycles. The van der Waals surface area contributed by atoms with Crippen LogP contribution in [-0.2, 0) is 17.9 Å². The molecule has 1 aliphatic rings. The maximum absolute atomic E-state index is 12.3. The molecule has 0 spiro atoms. The number of likely N-dealkylation sites (tertiary alicyclic amines) is 1. The van der Waals surface area contributed by atoms with Gasteiger partial charge in [0.05, 0.1) is 6.54 Å². The van der Waals surface area contributed by atoms with Crippen molar-refractivity contribution >= 4 is 5.91 Å². The Morgan fingerprint density at radius 3 is 2.80 bits per heavy atom. The zero-order valence-corrected chi connectivity index (χ0v) is 15.0. The predicted molar refractivity (Wildman–Crippen MR) is 92.2 cm³/mol. The highest BCUT2D eigenvalue weighted by molar-refractivity contribution is 5.78. The molecule has 0 saturated carbocycles. The summed E-state index contributed by atoms with van der Waals surface area (Å²) in [6.07, 6.45) is 4.68. The average Bonchev–Trinajstić information content (AvgIpc) is 3.15. The van der Waals surface area contributed by atoms with Crippen molar-refractivity contribution in [2.75, 3.05) is 6.54 Å². The van der Waals surface area contributed by atoms with Crippen LogP contribution in [0.2, 0.25) is 0 Å². The minimum absolute atomic E-state index is 0.118. The molecule has 134 valence electrons. The maximum Gasteiger partial charge on any atom is 0.249 e. The highest BCUT2D eigenvalue weighted by Gasteiger charge is 2.35. The normalized spacial score (nSPS) is 18.1. The summed E-state index contributed by atoms with van der Waals surface area (Å²) in [7, 11) is 0. The van der Waals surface area contributed by atoms with E-state index in [1.54, 1.807) is 12.4 Å². The molecule has 0 unspecified atom stereocenters. The summed E-state index contributed by atoms with van der Waals surface area (Å²) >= 11 is 0. The molecule has 2 aromatic rings. The van der Waals surface area contributed by atoms with Crippen LogP contribution < -0.4 is 5.32 Å². The van der Waals surface area contributed by atoms with E-state index in [0.717, 1.165) is 12.1 Å². The molecule has 7 heteroatoms. The maximum atomic E-state index is 12.3. The number of nitrogens with zero attached hydrogens (tertiary/aromatic N) is 4. The zero-order valence-electron chi connectivity index (χ0n) is 15.0. The second-order valence-electron chi connectivity index (χ2n) is 7.64. The van der Waals surface area contributed by atoms with Crippen molar-refractivity contribution in [2.24, 2.45) is 5.41 Å². The smallest absolute Gasteiger partial charge is 0.249 e. The molecule has 1 saturated heterocycles. The number of hydrogen-bond donors (Lipinski definition) is 1. The van der Waals surface area contributed by atoms with E-state index >= 15 is 0 Å². The molecule has 0 aromatic carbocycles. The lowest BCUT2D eigenvalue weighted by Crippen LogP contribution is -2.28. The Kier molecular flexibility index (Phi) is 5.13. The fraction of sp³-hybridized carbons (Fsp3) is 0.556. The van der Waals surface area contributed by atoms with Crippen LogP contribution >= 0.6 is 0 Å². The van der Waals surface area contributed by atoms with Gasteiger partial charge in [0, 0.05) is 31.9 Å². The molecule has 0 radical (unpaired) electrons. The van der Waals surface area contributed by atoms with Crippen LogP contribution in [0.5, 0.6) is 0 Å². The number of hydrogen-bond acceptors (Lipinski definition) is 6. The first kappa shape index (κ1) is 17.5. The third-order valence-corrected chi connectivity index (χ3v) is 4.14. The van der Waals surface area contributed by atoms with E-state index < -0.39 is 0 Å². The summed E-state index contributed by atoms with van der Waals surface area (Å²) in [5.74, 6) is 1.27. The Hall–Kier alpha value is -2.28. The van der Waals surface area contributed by atoms with Crippen LogP contribution in [0.3, 0.4) is 0 Å². The molecule has 1 atom stereocenters. The Balaban J connectivity index is 1.65. The Morgan fingerprint density at radius 2 is 2.08 bits per heavy atom. The van der Waals surface area contributed by atoms with Gasteiger partial charge in [-0.1, -0.05) is 25.9 Å². The van der Waals surface area contributed by atoms with Gasteiger partial charge in [0.15, 0.2) is 5.82 Å².